The summed E-state index contributed by atoms with van der Waals surface area (Å²) in [5, 5.41) is 2.33. The molecule has 1 unspecified atom stereocenters. The Kier molecular flexibility index (Phi) is 5.20. The first-order valence-electron chi connectivity index (χ1n) is 8.09. The minimum absolute atomic E-state index is 0.203. The van der Waals surface area contributed by atoms with Crippen LogP contribution in [0, 0.1) is 0 Å². The average molecular weight is 437 g/mol. The van der Waals surface area contributed by atoms with Crippen molar-refractivity contribution in [2.75, 3.05) is 0 Å². The molecule has 0 aliphatic rings. The molecule has 0 radical (unpaired) electrons. The number of nitrogens with one attached hydrogen (secondary N) is 1. The van der Waals surface area contributed by atoms with E-state index < -0.39 is 0 Å². The third-order valence-corrected chi connectivity index (χ3v) is 5.48. The van der Waals surface area contributed by atoms with Gasteiger partial charge in [-0.25, -0.2) is 4.98 Å². The highest BCUT2D eigenvalue weighted by atomic mass is 35.5. The van der Waals surface area contributed by atoms with Crippen molar-refractivity contribution in [1.82, 2.24) is 14.5 Å². The highest BCUT2D eigenvalue weighted by Crippen LogP contribution is 2.40. The molecule has 2 aromatic carbocycles. The Balaban J connectivity index is 1.92. The minimum Gasteiger partial charge on any atom is -0.367 e. The van der Waals surface area contributed by atoms with Crippen molar-refractivity contribution in [3.8, 4) is 11.1 Å². The van der Waals surface area contributed by atoms with E-state index in [2.05, 4.69) is 9.97 Å². The van der Waals surface area contributed by atoms with Crippen LogP contribution in [0.1, 0.15) is 17.2 Å². The summed E-state index contributed by atoms with van der Waals surface area (Å²) >= 11 is 25.1. The number of aromatic nitrogens is 3. The van der Waals surface area contributed by atoms with E-state index in [1.54, 1.807) is 24.7 Å². The van der Waals surface area contributed by atoms with Crippen molar-refractivity contribution in [1.29, 1.82) is 0 Å². The second-order valence-corrected chi connectivity index (χ2v) is 7.71. The lowest BCUT2D eigenvalue weighted by Crippen LogP contribution is -2.11. The first kappa shape index (κ1) is 18.5. The molecule has 0 saturated heterocycles. The van der Waals surface area contributed by atoms with Crippen LogP contribution < -0.4 is 0 Å². The van der Waals surface area contributed by atoms with Crippen molar-refractivity contribution in [2.45, 2.75) is 6.04 Å². The molecular weight excluding hydrogens is 424 g/mol. The zero-order valence-electron chi connectivity index (χ0n) is 13.8. The molecule has 27 heavy (non-hydrogen) atoms. The Morgan fingerprint density at radius 2 is 1.56 bits per heavy atom. The van der Waals surface area contributed by atoms with Crippen LogP contribution in [0.3, 0.4) is 0 Å². The van der Waals surface area contributed by atoms with E-state index in [1.807, 2.05) is 47.4 Å². The SMILES string of the molecule is Clc1ccc(-c2c[nH]cc2C(c2ccc(Cl)cc2Cl)n2ccnc2)c(Cl)c1. The fourth-order valence-corrected chi connectivity index (χ4v) is 4.20. The quantitative estimate of drug-likeness (QED) is 0.362. The van der Waals surface area contributed by atoms with Gasteiger partial charge < -0.3 is 9.55 Å². The highest BCUT2D eigenvalue weighted by Gasteiger charge is 2.24. The van der Waals surface area contributed by atoms with Crippen molar-refractivity contribution < 1.29 is 0 Å². The largest absolute Gasteiger partial charge is 0.367 e. The van der Waals surface area contributed by atoms with Gasteiger partial charge in [-0.05, 0) is 29.8 Å². The standard InChI is InChI=1S/C20H13Cl4N3/c21-12-1-3-14(18(23)7-12)16-9-26-10-17(16)20(27-6-5-25-11-27)15-4-2-13(22)8-19(15)24/h1-11,20,26H. The molecule has 7 heteroatoms. The third kappa shape index (κ3) is 3.61. The summed E-state index contributed by atoms with van der Waals surface area (Å²) in [6.45, 7) is 0. The summed E-state index contributed by atoms with van der Waals surface area (Å²) < 4.78 is 1.99. The second-order valence-electron chi connectivity index (χ2n) is 6.03. The topological polar surface area (TPSA) is 33.6 Å². The number of benzene rings is 2. The van der Waals surface area contributed by atoms with Gasteiger partial charge in [0.1, 0.15) is 0 Å². The number of H-pyrrole nitrogens is 1. The maximum Gasteiger partial charge on any atom is 0.0954 e. The Hall–Kier alpha value is -1.91. The van der Waals surface area contributed by atoms with E-state index >= 15 is 0 Å². The lowest BCUT2D eigenvalue weighted by Gasteiger charge is -2.22. The number of nitrogens with zero attached hydrogens (tertiary/aromatic N) is 2. The molecule has 4 aromatic rings. The van der Waals surface area contributed by atoms with E-state index in [0.717, 1.165) is 22.3 Å². The summed E-state index contributed by atoms with van der Waals surface area (Å²) in [6.07, 6.45) is 9.25. The fraction of sp³-hybridized carbons (Fsp3) is 0.0500. The number of rotatable bonds is 4. The summed E-state index contributed by atoms with van der Waals surface area (Å²) in [7, 11) is 0. The van der Waals surface area contributed by atoms with Gasteiger partial charge in [0.25, 0.3) is 0 Å². The summed E-state index contributed by atoms with van der Waals surface area (Å²) in [6, 6.07) is 10.8. The van der Waals surface area contributed by atoms with Crippen LogP contribution in [0.5, 0.6) is 0 Å². The number of halogens is 4. The van der Waals surface area contributed by atoms with Crippen molar-refractivity contribution in [3.63, 3.8) is 0 Å². The zero-order chi connectivity index (χ0) is 19.0. The normalized spacial score (nSPS) is 12.3. The Bertz CT molecular complexity index is 1090. The molecule has 1 N–H and O–H groups in total. The molecule has 136 valence electrons. The maximum absolute atomic E-state index is 6.54. The van der Waals surface area contributed by atoms with Crippen molar-refractivity contribution >= 4 is 46.4 Å². The van der Waals surface area contributed by atoms with E-state index in [4.69, 9.17) is 46.4 Å². The maximum atomic E-state index is 6.54. The lowest BCUT2D eigenvalue weighted by atomic mass is 9.94. The van der Waals surface area contributed by atoms with Gasteiger partial charge in [-0.1, -0.05) is 58.5 Å². The first-order chi connectivity index (χ1) is 13.0. The van der Waals surface area contributed by atoms with Gasteiger partial charge in [0.15, 0.2) is 0 Å². The van der Waals surface area contributed by atoms with E-state index in [9.17, 15) is 0 Å². The highest BCUT2D eigenvalue weighted by molar-refractivity contribution is 6.36. The lowest BCUT2D eigenvalue weighted by molar-refractivity contribution is 0.679. The molecule has 0 spiro atoms. The molecule has 0 saturated carbocycles. The van der Waals surface area contributed by atoms with Gasteiger partial charge in [0.2, 0.25) is 0 Å². The summed E-state index contributed by atoms with van der Waals surface area (Å²) in [5.41, 5.74) is 3.75. The first-order valence-corrected chi connectivity index (χ1v) is 9.60. The van der Waals surface area contributed by atoms with Crippen LogP contribution in [-0.2, 0) is 0 Å². The van der Waals surface area contributed by atoms with Crippen molar-refractivity contribution in [2.24, 2.45) is 0 Å². The molecule has 0 amide bonds. The zero-order valence-corrected chi connectivity index (χ0v) is 16.9. The van der Waals surface area contributed by atoms with Crippen LogP contribution >= 0.6 is 46.4 Å². The number of imidazole rings is 1. The predicted molar refractivity (Wildman–Crippen MR) is 112 cm³/mol. The molecular formula is C20H13Cl4N3. The van der Waals surface area contributed by atoms with Gasteiger partial charge in [-0.15, -0.1) is 0 Å². The smallest absolute Gasteiger partial charge is 0.0954 e. The van der Waals surface area contributed by atoms with Gasteiger partial charge >= 0.3 is 0 Å². The monoisotopic (exact) mass is 435 g/mol. The molecule has 1 atom stereocenters. The summed E-state index contributed by atoms with van der Waals surface area (Å²) in [4.78, 5) is 7.38. The molecule has 2 aromatic heterocycles. The average Bonchev–Trinajstić information content (AvgIpc) is 3.30. The Morgan fingerprint density at radius 3 is 2.22 bits per heavy atom. The molecule has 0 aliphatic carbocycles. The van der Waals surface area contributed by atoms with Gasteiger partial charge in [0.05, 0.1) is 12.4 Å². The van der Waals surface area contributed by atoms with Crippen molar-refractivity contribution in [3.05, 3.63) is 98.7 Å². The fourth-order valence-electron chi connectivity index (χ4n) is 3.18. The minimum atomic E-state index is -0.203. The van der Waals surface area contributed by atoms with E-state index in [-0.39, 0.29) is 6.04 Å². The third-order valence-electron chi connectivity index (χ3n) is 4.37. The van der Waals surface area contributed by atoms with Crippen LogP contribution in [0.4, 0.5) is 0 Å². The second kappa shape index (κ2) is 7.61. The van der Waals surface area contributed by atoms with Gasteiger partial charge in [-0.3, -0.25) is 0 Å². The predicted octanol–water partition coefficient (Wildman–Crippen LogP) is 7.13. The number of hydrogen-bond donors (Lipinski definition) is 1. The number of aromatic amines is 1. The van der Waals surface area contributed by atoms with Crippen LogP contribution in [-0.4, -0.2) is 14.5 Å². The molecule has 4 rings (SSSR count). The van der Waals surface area contributed by atoms with Gasteiger partial charge in [-0.2, -0.15) is 0 Å². The molecule has 3 nitrogen and oxygen atoms in total. The molecule has 0 aliphatic heterocycles. The van der Waals surface area contributed by atoms with Crippen LogP contribution in [0.2, 0.25) is 20.1 Å². The Labute approximate surface area is 176 Å². The van der Waals surface area contributed by atoms with E-state index in [0.29, 0.717) is 20.1 Å². The van der Waals surface area contributed by atoms with Gasteiger partial charge in [0, 0.05) is 61.6 Å². The molecule has 2 heterocycles. The summed E-state index contributed by atoms with van der Waals surface area (Å²) in [5.74, 6) is 0. The number of hydrogen-bond acceptors (Lipinski definition) is 1. The van der Waals surface area contributed by atoms with Crippen LogP contribution in [0.25, 0.3) is 11.1 Å². The molecule has 0 fully saturated rings. The Morgan fingerprint density at radius 1 is 0.815 bits per heavy atom. The van der Waals surface area contributed by atoms with E-state index in [1.165, 1.54) is 0 Å². The molecule has 0 bridgehead atoms. The van der Waals surface area contributed by atoms with Crippen LogP contribution in [0.15, 0.2) is 67.5 Å².